The van der Waals surface area contributed by atoms with Crippen LogP contribution < -0.4 is 10.6 Å². The molecular formula is C20H16ClF2N5OS. The largest absolute Gasteiger partial charge is 0.435 e. The molecule has 0 aliphatic carbocycles. The van der Waals surface area contributed by atoms with Crippen LogP contribution in [0, 0.1) is 6.92 Å². The number of nitrogen functional groups attached to an aromatic ring is 1. The van der Waals surface area contributed by atoms with Crippen molar-refractivity contribution in [1.82, 2.24) is 19.9 Å². The number of thioether (sulfide) groups is 1. The normalized spacial score (nSPS) is 11.4. The SMILES string of the molecule is Cc1ccc2cc(CSc3nnc(-c4ccc(OC(F)F)cc4)n3N)c(Cl)nc2c1. The van der Waals surface area contributed by atoms with Gasteiger partial charge in [0, 0.05) is 22.3 Å². The number of benzene rings is 2. The molecule has 4 rings (SSSR count). The predicted octanol–water partition coefficient (Wildman–Crippen LogP) is 5.06. The van der Waals surface area contributed by atoms with Gasteiger partial charge >= 0.3 is 6.61 Å². The number of halogens is 3. The molecule has 0 fully saturated rings. The van der Waals surface area contributed by atoms with Gasteiger partial charge in [0.2, 0.25) is 5.16 Å². The van der Waals surface area contributed by atoms with Gasteiger partial charge in [0.1, 0.15) is 10.9 Å². The summed E-state index contributed by atoms with van der Waals surface area (Å²) in [6, 6.07) is 14.0. The van der Waals surface area contributed by atoms with Crippen molar-refractivity contribution in [3.63, 3.8) is 0 Å². The number of aromatic nitrogens is 4. The topological polar surface area (TPSA) is 78.9 Å². The lowest BCUT2D eigenvalue weighted by Gasteiger charge is -2.08. The van der Waals surface area contributed by atoms with Gasteiger partial charge in [-0.15, -0.1) is 10.2 Å². The molecule has 0 unspecified atom stereocenters. The molecule has 2 aromatic carbocycles. The first-order valence-electron chi connectivity index (χ1n) is 8.85. The van der Waals surface area contributed by atoms with Crippen LogP contribution >= 0.6 is 23.4 Å². The molecule has 2 aromatic heterocycles. The molecule has 0 radical (unpaired) electrons. The molecule has 10 heteroatoms. The Bertz CT molecular complexity index is 1200. The van der Waals surface area contributed by atoms with E-state index in [4.69, 9.17) is 17.4 Å². The lowest BCUT2D eigenvalue weighted by Crippen LogP contribution is -2.11. The second-order valence-electron chi connectivity index (χ2n) is 6.50. The van der Waals surface area contributed by atoms with Crippen molar-refractivity contribution in [2.24, 2.45) is 0 Å². The van der Waals surface area contributed by atoms with Crippen molar-refractivity contribution >= 4 is 34.3 Å². The van der Waals surface area contributed by atoms with Crippen LogP contribution in [0.4, 0.5) is 8.78 Å². The zero-order chi connectivity index (χ0) is 21.3. The third kappa shape index (κ3) is 4.31. The monoisotopic (exact) mass is 447 g/mol. The summed E-state index contributed by atoms with van der Waals surface area (Å²) in [6.45, 7) is -0.874. The highest BCUT2D eigenvalue weighted by atomic mass is 35.5. The van der Waals surface area contributed by atoms with Crippen molar-refractivity contribution in [1.29, 1.82) is 0 Å². The Morgan fingerprint density at radius 3 is 2.63 bits per heavy atom. The molecule has 0 spiro atoms. The molecule has 6 nitrogen and oxygen atoms in total. The third-order valence-corrected chi connectivity index (χ3v) is 5.68. The van der Waals surface area contributed by atoms with Gasteiger partial charge in [-0.25, -0.2) is 9.66 Å². The maximum absolute atomic E-state index is 12.3. The number of hydrogen-bond acceptors (Lipinski definition) is 6. The van der Waals surface area contributed by atoms with E-state index >= 15 is 0 Å². The molecule has 0 aliphatic rings. The summed E-state index contributed by atoms with van der Waals surface area (Å²) in [5, 5.41) is 10.1. The second-order valence-corrected chi connectivity index (χ2v) is 7.80. The van der Waals surface area contributed by atoms with Gasteiger partial charge in [0.15, 0.2) is 5.82 Å². The second kappa shape index (κ2) is 8.45. The van der Waals surface area contributed by atoms with Crippen LogP contribution in [-0.4, -0.2) is 26.5 Å². The van der Waals surface area contributed by atoms with E-state index in [1.54, 1.807) is 12.1 Å². The number of ether oxygens (including phenoxy) is 1. The van der Waals surface area contributed by atoms with Crippen molar-refractivity contribution in [2.75, 3.05) is 5.84 Å². The fourth-order valence-electron chi connectivity index (χ4n) is 2.90. The highest BCUT2D eigenvalue weighted by Crippen LogP contribution is 2.29. The smallest absolute Gasteiger partial charge is 0.387 e. The predicted molar refractivity (Wildman–Crippen MR) is 113 cm³/mol. The number of rotatable bonds is 6. The number of fused-ring (bicyclic) bond motifs is 1. The van der Waals surface area contributed by atoms with E-state index in [2.05, 4.69) is 19.9 Å². The number of hydrogen-bond donors (Lipinski definition) is 1. The van der Waals surface area contributed by atoms with Gasteiger partial charge in [0.25, 0.3) is 0 Å². The molecule has 4 aromatic rings. The first-order valence-corrected chi connectivity index (χ1v) is 10.2. The summed E-state index contributed by atoms with van der Waals surface area (Å²) in [7, 11) is 0. The number of nitrogens with two attached hydrogens (primary N) is 1. The molecule has 154 valence electrons. The van der Waals surface area contributed by atoms with E-state index in [1.807, 2.05) is 31.2 Å². The van der Waals surface area contributed by atoms with Gasteiger partial charge in [-0.3, -0.25) is 0 Å². The fraction of sp³-hybridized carbons (Fsp3) is 0.150. The number of aryl methyl sites for hydroxylation is 1. The minimum atomic E-state index is -2.88. The molecule has 30 heavy (non-hydrogen) atoms. The van der Waals surface area contributed by atoms with Crippen LogP contribution in [0.5, 0.6) is 5.75 Å². The minimum absolute atomic E-state index is 0.0556. The maximum atomic E-state index is 12.3. The van der Waals surface area contributed by atoms with Crippen molar-refractivity contribution < 1.29 is 13.5 Å². The van der Waals surface area contributed by atoms with Gasteiger partial charge in [-0.05, 0) is 48.9 Å². The molecule has 0 saturated heterocycles. The maximum Gasteiger partial charge on any atom is 0.387 e. The molecule has 0 saturated carbocycles. The Balaban J connectivity index is 1.51. The summed E-state index contributed by atoms with van der Waals surface area (Å²) >= 11 is 7.72. The van der Waals surface area contributed by atoms with E-state index in [0.717, 1.165) is 22.0 Å². The highest BCUT2D eigenvalue weighted by Gasteiger charge is 2.14. The van der Waals surface area contributed by atoms with Crippen LogP contribution in [0.15, 0.2) is 53.7 Å². The van der Waals surface area contributed by atoms with Crippen LogP contribution in [0.3, 0.4) is 0 Å². The minimum Gasteiger partial charge on any atom is -0.435 e. The van der Waals surface area contributed by atoms with Crippen LogP contribution in [0.2, 0.25) is 5.15 Å². The summed E-state index contributed by atoms with van der Waals surface area (Å²) in [6.07, 6.45) is 0. The van der Waals surface area contributed by atoms with Crippen molar-refractivity contribution in [3.8, 4) is 17.1 Å². The number of nitrogens with zero attached hydrogens (tertiary/aromatic N) is 4. The first-order chi connectivity index (χ1) is 14.4. The molecule has 0 amide bonds. The van der Waals surface area contributed by atoms with Crippen LogP contribution in [0.1, 0.15) is 11.1 Å². The fourth-order valence-corrected chi connectivity index (χ4v) is 4.02. The Morgan fingerprint density at radius 2 is 1.90 bits per heavy atom. The third-order valence-electron chi connectivity index (χ3n) is 4.36. The van der Waals surface area contributed by atoms with E-state index in [9.17, 15) is 8.78 Å². The van der Waals surface area contributed by atoms with E-state index < -0.39 is 6.61 Å². The molecule has 0 atom stereocenters. The summed E-state index contributed by atoms with van der Waals surface area (Å²) in [5.41, 5.74) is 3.44. The Morgan fingerprint density at radius 1 is 1.13 bits per heavy atom. The highest BCUT2D eigenvalue weighted by molar-refractivity contribution is 7.98. The lowest BCUT2D eigenvalue weighted by atomic mass is 10.1. The average Bonchev–Trinajstić information content (AvgIpc) is 3.07. The molecular weight excluding hydrogens is 432 g/mol. The van der Waals surface area contributed by atoms with Crippen molar-refractivity contribution in [3.05, 3.63) is 64.8 Å². The molecule has 0 bridgehead atoms. The lowest BCUT2D eigenvalue weighted by molar-refractivity contribution is -0.0498. The van der Waals surface area contributed by atoms with E-state index in [-0.39, 0.29) is 5.75 Å². The zero-order valence-corrected chi connectivity index (χ0v) is 17.3. The summed E-state index contributed by atoms with van der Waals surface area (Å²) in [4.78, 5) is 4.47. The Labute approximate surface area is 180 Å². The number of alkyl halides is 2. The number of pyridine rings is 1. The summed E-state index contributed by atoms with van der Waals surface area (Å²) in [5.74, 6) is 7.10. The van der Waals surface area contributed by atoms with Crippen LogP contribution in [-0.2, 0) is 5.75 Å². The van der Waals surface area contributed by atoms with Gasteiger partial charge < -0.3 is 10.6 Å². The van der Waals surface area contributed by atoms with Crippen molar-refractivity contribution in [2.45, 2.75) is 24.4 Å². The quantitative estimate of drug-likeness (QED) is 0.253. The molecule has 2 N–H and O–H groups in total. The van der Waals surface area contributed by atoms with E-state index in [1.165, 1.54) is 28.6 Å². The Kier molecular flexibility index (Phi) is 5.74. The average molecular weight is 448 g/mol. The summed E-state index contributed by atoms with van der Waals surface area (Å²) < 4.78 is 30.3. The first kappa shape index (κ1) is 20.4. The van der Waals surface area contributed by atoms with Crippen LogP contribution in [0.25, 0.3) is 22.3 Å². The molecule has 2 heterocycles. The van der Waals surface area contributed by atoms with Gasteiger partial charge in [-0.1, -0.05) is 35.5 Å². The molecule has 0 aliphatic heterocycles. The van der Waals surface area contributed by atoms with Gasteiger partial charge in [-0.2, -0.15) is 8.78 Å². The zero-order valence-electron chi connectivity index (χ0n) is 15.7. The van der Waals surface area contributed by atoms with E-state index in [0.29, 0.717) is 27.5 Å². The Hall–Kier alpha value is -2.91. The van der Waals surface area contributed by atoms with Gasteiger partial charge in [0.05, 0.1) is 5.52 Å². The standard InChI is InChI=1S/C20H16ClF2N5OS/c1-11-2-3-13-9-14(17(21)25-16(13)8-11)10-30-20-27-26-18(28(20)24)12-4-6-15(7-5-12)29-19(22)23/h2-9,19H,10,24H2,1H3.